The molecule has 0 aliphatic heterocycles. The summed E-state index contributed by atoms with van der Waals surface area (Å²) in [5, 5.41) is 4.25. The predicted molar refractivity (Wildman–Crippen MR) is 75.0 cm³/mol. The SMILES string of the molecule is CCc1nn(C)c(C(=O)N(C)CCOC(C)C)c1N. The molecule has 0 atom stereocenters. The highest BCUT2D eigenvalue weighted by atomic mass is 16.5. The minimum atomic E-state index is -0.125. The molecule has 1 rings (SSSR count). The third kappa shape index (κ3) is 3.70. The molecule has 0 radical (unpaired) electrons. The van der Waals surface area contributed by atoms with Gasteiger partial charge in [-0.05, 0) is 20.3 Å². The topological polar surface area (TPSA) is 73.4 Å². The average molecular weight is 268 g/mol. The van der Waals surface area contributed by atoms with Crippen LogP contribution >= 0.6 is 0 Å². The lowest BCUT2D eigenvalue weighted by Crippen LogP contribution is -2.32. The van der Waals surface area contributed by atoms with Crippen molar-refractivity contribution in [2.24, 2.45) is 7.05 Å². The number of likely N-dealkylation sites (N-methyl/N-ethyl adjacent to an activating group) is 1. The van der Waals surface area contributed by atoms with Crippen molar-refractivity contribution in [2.45, 2.75) is 33.3 Å². The van der Waals surface area contributed by atoms with Crippen LogP contribution in [0.3, 0.4) is 0 Å². The Kier molecular flexibility index (Phi) is 5.35. The fourth-order valence-electron chi connectivity index (χ4n) is 1.82. The number of nitrogen functional groups attached to an aromatic ring is 1. The lowest BCUT2D eigenvalue weighted by molar-refractivity contribution is 0.0527. The fraction of sp³-hybridized carbons (Fsp3) is 0.692. The number of anilines is 1. The van der Waals surface area contributed by atoms with Gasteiger partial charge in [-0.15, -0.1) is 0 Å². The van der Waals surface area contributed by atoms with Crippen molar-refractivity contribution >= 4 is 11.6 Å². The Labute approximate surface area is 114 Å². The zero-order valence-corrected chi connectivity index (χ0v) is 12.4. The minimum Gasteiger partial charge on any atom is -0.395 e. The molecule has 1 amide bonds. The van der Waals surface area contributed by atoms with Crippen molar-refractivity contribution < 1.29 is 9.53 Å². The van der Waals surface area contributed by atoms with E-state index in [9.17, 15) is 4.79 Å². The number of aromatic nitrogens is 2. The van der Waals surface area contributed by atoms with E-state index in [-0.39, 0.29) is 12.0 Å². The van der Waals surface area contributed by atoms with Crippen LogP contribution in [0.5, 0.6) is 0 Å². The number of carbonyl (C=O) groups excluding carboxylic acids is 1. The molecule has 0 aromatic carbocycles. The van der Waals surface area contributed by atoms with Gasteiger partial charge >= 0.3 is 0 Å². The zero-order valence-electron chi connectivity index (χ0n) is 12.4. The molecule has 19 heavy (non-hydrogen) atoms. The van der Waals surface area contributed by atoms with Crippen LogP contribution in [0, 0.1) is 0 Å². The molecule has 0 aliphatic carbocycles. The van der Waals surface area contributed by atoms with Crippen LogP contribution in [0.2, 0.25) is 0 Å². The molecule has 0 saturated heterocycles. The average Bonchev–Trinajstić information content (AvgIpc) is 2.62. The second-order valence-corrected chi connectivity index (χ2v) is 4.83. The minimum absolute atomic E-state index is 0.125. The largest absolute Gasteiger partial charge is 0.395 e. The number of hydrogen-bond acceptors (Lipinski definition) is 4. The van der Waals surface area contributed by atoms with Crippen molar-refractivity contribution in [1.82, 2.24) is 14.7 Å². The number of ether oxygens (including phenoxy) is 1. The quantitative estimate of drug-likeness (QED) is 0.837. The van der Waals surface area contributed by atoms with Gasteiger partial charge in [0.05, 0.1) is 24.1 Å². The summed E-state index contributed by atoms with van der Waals surface area (Å²) in [5.74, 6) is -0.125. The molecule has 0 bridgehead atoms. The number of rotatable bonds is 6. The molecular weight excluding hydrogens is 244 g/mol. The molecular formula is C13H24N4O2. The van der Waals surface area contributed by atoms with Gasteiger partial charge in [0.15, 0.2) is 0 Å². The van der Waals surface area contributed by atoms with Gasteiger partial charge in [0.25, 0.3) is 5.91 Å². The molecule has 6 heteroatoms. The van der Waals surface area contributed by atoms with E-state index in [1.54, 1.807) is 23.7 Å². The van der Waals surface area contributed by atoms with E-state index in [2.05, 4.69) is 5.10 Å². The molecule has 1 aromatic heterocycles. The molecule has 108 valence electrons. The number of carbonyl (C=O) groups is 1. The third-order valence-corrected chi connectivity index (χ3v) is 2.92. The Balaban J connectivity index is 2.74. The summed E-state index contributed by atoms with van der Waals surface area (Å²) >= 11 is 0. The van der Waals surface area contributed by atoms with Gasteiger partial charge in [-0.25, -0.2) is 0 Å². The Morgan fingerprint density at radius 2 is 2.16 bits per heavy atom. The monoisotopic (exact) mass is 268 g/mol. The summed E-state index contributed by atoms with van der Waals surface area (Å²) in [4.78, 5) is 13.9. The fourth-order valence-corrected chi connectivity index (χ4v) is 1.82. The second kappa shape index (κ2) is 6.56. The first kappa shape index (κ1) is 15.5. The summed E-state index contributed by atoms with van der Waals surface area (Å²) in [7, 11) is 3.48. The van der Waals surface area contributed by atoms with Crippen molar-refractivity contribution in [3.05, 3.63) is 11.4 Å². The van der Waals surface area contributed by atoms with Gasteiger partial charge in [-0.2, -0.15) is 5.10 Å². The van der Waals surface area contributed by atoms with Crippen LogP contribution in [0.4, 0.5) is 5.69 Å². The van der Waals surface area contributed by atoms with Crippen LogP contribution in [-0.2, 0) is 18.2 Å². The summed E-state index contributed by atoms with van der Waals surface area (Å²) in [5.41, 5.74) is 7.66. The Hall–Kier alpha value is -1.56. The van der Waals surface area contributed by atoms with Crippen LogP contribution in [-0.4, -0.2) is 46.9 Å². The molecule has 0 unspecified atom stereocenters. The first-order valence-electron chi connectivity index (χ1n) is 6.56. The molecule has 0 saturated carbocycles. The summed E-state index contributed by atoms with van der Waals surface area (Å²) in [6.07, 6.45) is 0.879. The highest BCUT2D eigenvalue weighted by molar-refractivity contribution is 5.97. The van der Waals surface area contributed by atoms with Gasteiger partial charge in [-0.3, -0.25) is 9.48 Å². The van der Waals surface area contributed by atoms with Gasteiger partial charge in [0.1, 0.15) is 5.69 Å². The number of amides is 1. The van der Waals surface area contributed by atoms with E-state index >= 15 is 0 Å². The van der Waals surface area contributed by atoms with Gasteiger partial charge in [0.2, 0.25) is 0 Å². The molecule has 0 aliphatic rings. The van der Waals surface area contributed by atoms with Crippen molar-refractivity contribution in [3.8, 4) is 0 Å². The molecule has 2 N–H and O–H groups in total. The van der Waals surface area contributed by atoms with Gasteiger partial charge < -0.3 is 15.4 Å². The van der Waals surface area contributed by atoms with E-state index in [0.29, 0.717) is 31.0 Å². The maximum Gasteiger partial charge on any atom is 0.274 e. The van der Waals surface area contributed by atoms with E-state index in [1.807, 2.05) is 20.8 Å². The van der Waals surface area contributed by atoms with E-state index in [4.69, 9.17) is 10.5 Å². The highest BCUT2D eigenvalue weighted by Gasteiger charge is 2.21. The second-order valence-electron chi connectivity index (χ2n) is 4.83. The number of aryl methyl sites for hydroxylation is 2. The summed E-state index contributed by atoms with van der Waals surface area (Å²) in [6, 6.07) is 0. The normalized spacial score (nSPS) is 11.1. The Bertz CT molecular complexity index is 440. The zero-order chi connectivity index (χ0) is 14.6. The van der Waals surface area contributed by atoms with Crippen LogP contribution in [0.1, 0.15) is 37.0 Å². The first-order valence-corrected chi connectivity index (χ1v) is 6.56. The molecule has 1 aromatic rings. The van der Waals surface area contributed by atoms with Gasteiger partial charge in [0, 0.05) is 20.6 Å². The van der Waals surface area contributed by atoms with Crippen molar-refractivity contribution in [2.75, 3.05) is 25.9 Å². The van der Waals surface area contributed by atoms with E-state index < -0.39 is 0 Å². The summed E-state index contributed by atoms with van der Waals surface area (Å²) in [6.45, 7) is 6.94. The first-order chi connectivity index (χ1) is 8.88. The number of hydrogen-bond donors (Lipinski definition) is 1. The van der Waals surface area contributed by atoms with E-state index in [1.165, 1.54) is 0 Å². The molecule has 0 spiro atoms. The lowest BCUT2D eigenvalue weighted by atomic mass is 10.2. The standard InChI is InChI=1S/C13H24N4O2/c1-6-10-11(14)12(17(5)15-10)13(18)16(4)7-8-19-9(2)3/h9H,6-8,14H2,1-5H3. The summed E-state index contributed by atoms with van der Waals surface area (Å²) < 4.78 is 6.99. The van der Waals surface area contributed by atoms with Crippen molar-refractivity contribution in [3.63, 3.8) is 0 Å². The predicted octanol–water partition coefficient (Wildman–Crippen LogP) is 1.06. The molecule has 0 fully saturated rings. The maximum absolute atomic E-state index is 12.3. The lowest BCUT2D eigenvalue weighted by Gasteiger charge is -2.18. The number of nitrogens with two attached hydrogens (primary N) is 1. The number of nitrogens with zero attached hydrogens (tertiary/aromatic N) is 3. The van der Waals surface area contributed by atoms with Gasteiger partial charge in [-0.1, -0.05) is 6.92 Å². The molecule has 1 heterocycles. The van der Waals surface area contributed by atoms with Crippen LogP contribution < -0.4 is 5.73 Å². The Morgan fingerprint density at radius 3 is 2.63 bits per heavy atom. The van der Waals surface area contributed by atoms with Crippen LogP contribution in [0.15, 0.2) is 0 Å². The van der Waals surface area contributed by atoms with E-state index in [0.717, 1.165) is 5.69 Å². The van der Waals surface area contributed by atoms with Crippen molar-refractivity contribution in [1.29, 1.82) is 0 Å². The third-order valence-electron chi connectivity index (χ3n) is 2.92. The molecule has 6 nitrogen and oxygen atoms in total. The Morgan fingerprint density at radius 1 is 1.53 bits per heavy atom. The maximum atomic E-state index is 12.3. The van der Waals surface area contributed by atoms with Crippen LogP contribution in [0.25, 0.3) is 0 Å². The highest BCUT2D eigenvalue weighted by Crippen LogP contribution is 2.18. The smallest absolute Gasteiger partial charge is 0.274 e.